The summed E-state index contributed by atoms with van der Waals surface area (Å²) in [6, 6.07) is 10.4. The van der Waals surface area contributed by atoms with Crippen LogP contribution in [0.25, 0.3) is 0 Å². The van der Waals surface area contributed by atoms with Gasteiger partial charge >= 0.3 is 0 Å². The molecule has 5 nitrogen and oxygen atoms in total. The van der Waals surface area contributed by atoms with Gasteiger partial charge in [0.05, 0.1) is 31.7 Å². The smallest absolute Gasteiger partial charge is 0.225 e. The average Bonchev–Trinajstić information content (AvgIpc) is 2.56. The molecular weight excluding hydrogens is 278 g/mol. The molecule has 22 heavy (non-hydrogen) atoms. The molecule has 5 heteroatoms. The quantitative estimate of drug-likeness (QED) is 0.791. The number of nitrogens with zero attached hydrogens (tertiary/aromatic N) is 3. The zero-order valence-electron chi connectivity index (χ0n) is 12.7. The van der Waals surface area contributed by atoms with Crippen molar-refractivity contribution >= 4 is 5.91 Å². The predicted molar refractivity (Wildman–Crippen MR) is 82.1 cm³/mol. The van der Waals surface area contributed by atoms with Crippen LogP contribution in [0.15, 0.2) is 24.3 Å². The van der Waals surface area contributed by atoms with Crippen LogP contribution in [-0.4, -0.2) is 55.0 Å². The van der Waals surface area contributed by atoms with Crippen molar-refractivity contribution in [3.8, 4) is 6.07 Å². The molecule has 0 aliphatic carbocycles. The molecule has 0 bridgehead atoms. The first-order valence-electron chi connectivity index (χ1n) is 7.84. The monoisotopic (exact) mass is 299 g/mol. The van der Waals surface area contributed by atoms with E-state index in [0.717, 1.165) is 25.1 Å². The summed E-state index contributed by atoms with van der Waals surface area (Å²) in [5, 5.41) is 8.71. The largest absolute Gasteiger partial charge is 0.373 e. The Kier molecular flexibility index (Phi) is 4.71. The van der Waals surface area contributed by atoms with Crippen molar-refractivity contribution in [3.63, 3.8) is 0 Å². The van der Waals surface area contributed by atoms with Crippen LogP contribution in [0.3, 0.4) is 0 Å². The highest BCUT2D eigenvalue weighted by Crippen LogP contribution is 2.30. The van der Waals surface area contributed by atoms with Crippen LogP contribution in [0.1, 0.15) is 23.7 Å². The van der Waals surface area contributed by atoms with E-state index in [9.17, 15) is 4.79 Å². The number of hydrogen-bond acceptors (Lipinski definition) is 4. The molecule has 116 valence electrons. The Bertz CT molecular complexity index is 574. The van der Waals surface area contributed by atoms with E-state index < -0.39 is 0 Å². The fraction of sp³-hybridized carbons (Fsp3) is 0.529. The van der Waals surface area contributed by atoms with Crippen LogP contribution >= 0.6 is 0 Å². The molecule has 1 amide bonds. The fourth-order valence-electron chi connectivity index (χ4n) is 3.19. The number of ether oxygens (including phenoxy) is 1. The Hall–Kier alpha value is -1.90. The van der Waals surface area contributed by atoms with Crippen molar-refractivity contribution in [3.05, 3.63) is 35.4 Å². The van der Waals surface area contributed by atoms with Crippen molar-refractivity contribution < 1.29 is 9.53 Å². The number of piperazine rings is 1. The van der Waals surface area contributed by atoms with Gasteiger partial charge in [0.1, 0.15) is 0 Å². The third-order valence-corrected chi connectivity index (χ3v) is 4.47. The molecule has 1 saturated heterocycles. The SMILES string of the molecule is N#CCN1CCN(C(=O)C[C@H]2OCCc3ccccc32)CC1. The van der Waals surface area contributed by atoms with Gasteiger partial charge in [-0.25, -0.2) is 0 Å². The van der Waals surface area contributed by atoms with Crippen molar-refractivity contribution in [2.24, 2.45) is 0 Å². The maximum atomic E-state index is 12.5. The average molecular weight is 299 g/mol. The molecular formula is C17H21N3O2. The van der Waals surface area contributed by atoms with E-state index >= 15 is 0 Å². The number of carbonyl (C=O) groups excluding carboxylic acids is 1. The summed E-state index contributed by atoms with van der Waals surface area (Å²) in [7, 11) is 0. The zero-order valence-corrected chi connectivity index (χ0v) is 12.7. The Morgan fingerprint density at radius 2 is 2.05 bits per heavy atom. The van der Waals surface area contributed by atoms with E-state index in [1.807, 2.05) is 17.0 Å². The maximum Gasteiger partial charge on any atom is 0.225 e. The summed E-state index contributed by atoms with van der Waals surface area (Å²) in [6.45, 7) is 4.10. The minimum atomic E-state index is -0.116. The van der Waals surface area contributed by atoms with E-state index in [-0.39, 0.29) is 12.0 Å². The number of hydrogen-bond donors (Lipinski definition) is 0. The highest BCUT2D eigenvalue weighted by molar-refractivity contribution is 5.77. The molecule has 1 fully saturated rings. The van der Waals surface area contributed by atoms with Crippen molar-refractivity contribution in [1.29, 1.82) is 5.26 Å². The molecule has 0 saturated carbocycles. The normalized spacial score (nSPS) is 22.0. The third-order valence-electron chi connectivity index (χ3n) is 4.47. The van der Waals surface area contributed by atoms with Gasteiger partial charge in [0.2, 0.25) is 5.91 Å². The lowest BCUT2D eigenvalue weighted by atomic mass is 9.95. The molecule has 0 spiro atoms. The van der Waals surface area contributed by atoms with Gasteiger partial charge in [0, 0.05) is 26.2 Å². The van der Waals surface area contributed by atoms with Crippen molar-refractivity contribution in [2.45, 2.75) is 18.9 Å². The van der Waals surface area contributed by atoms with E-state index in [4.69, 9.17) is 10.00 Å². The predicted octanol–water partition coefficient (Wildman–Crippen LogP) is 1.36. The van der Waals surface area contributed by atoms with Crippen LogP contribution in [-0.2, 0) is 16.0 Å². The van der Waals surface area contributed by atoms with Crippen molar-refractivity contribution in [2.75, 3.05) is 39.3 Å². The van der Waals surface area contributed by atoms with Gasteiger partial charge in [0.25, 0.3) is 0 Å². The highest BCUT2D eigenvalue weighted by atomic mass is 16.5. The topological polar surface area (TPSA) is 56.6 Å². The van der Waals surface area contributed by atoms with Gasteiger partial charge in [-0.3, -0.25) is 9.69 Å². The molecule has 1 aromatic rings. The van der Waals surface area contributed by atoms with Crippen LogP contribution in [0.2, 0.25) is 0 Å². The molecule has 1 atom stereocenters. The zero-order chi connectivity index (χ0) is 15.4. The Morgan fingerprint density at radius 3 is 2.82 bits per heavy atom. The lowest BCUT2D eigenvalue weighted by Crippen LogP contribution is -2.49. The summed E-state index contributed by atoms with van der Waals surface area (Å²) < 4.78 is 5.82. The van der Waals surface area contributed by atoms with Gasteiger partial charge in [-0.2, -0.15) is 5.26 Å². The number of carbonyl (C=O) groups is 1. The Labute approximate surface area is 131 Å². The minimum Gasteiger partial charge on any atom is -0.373 e. The first-order chi connectivity index (χ1) is 10.8. The van der Waals surface area contributed by atoms with E-state index in [2.05, 4.69) is 23.1 Å². The maximum absolute atomic E-state index is 12.5. The first kappa shape index (κ1) is 15.0. The molecule has 0 unspecified atom stereocenters. The van der Waals surface area contributed by atoms with Gasteiger partial charge in [-0.15, -0.1) is 0 Å². The summed E-state index contributed by atoms with van der Waals surface area (Å²) in [5.74, 6) is 0.151. The highest BCUT2D eigenvalue weighted by Gasteiger charge is 2.27. The second kappa shape index (κ2) is 6.91. The van der Waals surface area contributed by atoms with Gasteiger partial charge in [-0.1, -0.05) is 24.3 Å². The summed E-state index contributed by atoms with van der Waals surface area (Å²) >= 11 is 0. The number of amides is 1. The molecule has 2 aliphatic rings. The van der Waals surface area contributed by atoms with Crippen LogP contribution < -0.4 is 0 Å². The van der Waals surface area contributed by atoms with Crippen LogP contribution in [0.4, 0.5) is 0 Å². The first-order valence-corrected chi connectivity index (χ1v) is 7.84. The third kappa shape index (κ3) is 3.29. The molecule has 0 radical (unpaired) electrons. The lowest BCUT2D eigenvalue weighted by molar-refractivity contribution is -0.136. The Balaban J connectivity index is 1.58. The molecule has 0 aromatic heterocycles. The van der Waals surface area contributed by atoms with Crippen molar-refractivity contribution in [1.82, 2.24) is 9.80 Å². The Morgan fingerprint density at radius 1 is 1.27 bits per heavy atom. The number of benzene rings is 1. The molecule has 2 heterocycles. The number of nitriles is 1. The second-order valence-electron chi connectivity index (χ2n) is 5.83. The van der Waals surface area contributed by atoms with Gasteiger partial charge in [-0.05, 0) is 17.5 Å². The summed E-state index contributed by atoms with van der Waals surface area (Å²) in [6.07, 6.45) is 1.22. The fourth-order valence-corrected chi connectivity index (χ4v) is 3.19. The lowest BCUT2D eigenvalue weighted by Gasteiger charge is -2.34. The number of rotatable bonds is 3. The molecule has 3 rings (SSSR count). The van der Waals surface area contributed by atoms with Gasteiger partial charge in [0.15, 0.2) is 0 Å². The van der Waals surface area contributed by atoms with Gasteiger partial charge < -0.3 is 9.64 Å². The van der Waals surface area contributed by atoms with E-state index in [1.54, 1.807) is 0 Å². The molecule has 0 N–H and O–H groups in total. The minimum absolute atomic E-state index is 0.116. The summed E-state index contributed by atoms with van der Waals surface area (Å²) in [5.41, 5.74) is 2.45. The second-order valence-corrected chi connectivity index (χ2v) is 5.83. The number of fused-ring (bicyclic) bond motifs is 1. The van der Waals surface area contributed by atoms with Crippen LogP contribution in [0.5, 0.6) is 0 Å². The molecule has 2 aliphatic heterocycles. The molecule has 1 aromatic carbocycles. The van der Waals surface area contributed by atoms with Crippen LogP contribution in [0, 0.1) is 11.3 Å². The standard InChI is InChI=1S/C17H21N3O2/c18-6-7-19-8-10-20(11-9-19)17(21)13-16-15-4-2-1-3-14(15)5-12-22-16/h1-4,16H,5,7-13H2/t16-/m1/s1. The summed E-state index contributed by atoms with van der Waals surface area (Å²) in [4.78, 5) is 16.5. The van der Waals surface area contributed by atoms with E-state index in [0.29, 0.717) is 32.7 Å². The van der Waals surface area contributed by atoms with E-state index in [1.165, 1.54) is 5.56 Å².